The van der Waals surface area contributed by atoms with Crippen molar-refractivity contribution in [2.24, 2.45) is 4.99 Å². The number of nitrogens with zero attached hydrogens (tertiary/aromatic N) is 1. The predicted molar refractivity (Wildman–Crippen MR) is 195 cm³/mol. The number of aliphatic hydroxyl groups excluding tert-OH is 1. The lowest BCUT2D eigenvalue weighted by molar-refractivity contribution is -0.128. The molecule has 8 nitrogen and oxygen atoms in total. The van der Waals surface area contributed by atoms with Crippen LogP contribution in [0, 0.1) is 0 Å². The molecule has 0 spiro atoms. The smallest absolute Gasteiger partial charge is 0.252 e. The van der Waals surface area contributed by atoms with Gasteiger partial charge in [0.1, 0.15) is 17.2 Å². The third-order valence-corrected chi connectivity index (χ3v) is 8.83. The van der Waals surface area contributed by atoms with Gasteiger partial charge in [-0.05, 0) is 76.7 Å². The molecule has 256 valence electrons. The van der Waals surface area contributed by atoms with Gasteiger partial charge in [0.15, 0.2) is 11.6 Å². The van der Waals surface area contributed by atoms with E-state index in [0.29, 0.717) is 44.1 Å². The van der Waals surface area contributed by atoms with Crippen LogP contribution in [0.2, 0.25) is 0 Å². The standard InChI is InChI=1S/C42H42N2O6/c1-47-37-22-23-38(48-2)35(28-37)24-25-43-41(46)42(29-30-10-5-3-6-11-30)39(33-16-14-32(15-17-33)31-12-7-4-8-13-31)50-40(44-42)34-18-20-36(21-19-34)49-27-9-26-45/h3-8,10-23,28,39,45H,9,24-27,29H2,1-2H3,(H,43,46)/t39-,42-/m1/s1. The van der Waals surface area contributed by atoms with Crippen LogP contribution in [0.5, 0.6) is 17.2 Å². The summed E-state index contributed by atoms with van der Waals surface area (Å²) in [6, 6.07) is 41.4. The molecule has 0 saturated heterocycles. The first kappa shape index (κ1) is 34.3. The molecule has 1 heterocycles. The highest BCUT2D eigenvalue weighted by Gasteiger charge is 2.53. The van der Waals surface area contributed by atoms with Crippen molar-refractivity contribution in [3.63, 3.8) is 0 Å². The molecule has 0 aromatic heterocycles. The number of ether oxygens (including phenoxy) is 4. The number of aliphatic imine (C=N–C) groups is 1. The van der Waals surface area contributed by atoms with Crippen LogP contribution in [-0.4, -0.2) is 56.4 Å². The molecule has 50 heavy (non-hydrogen) atoms. The van der Waals surface area contributed by atoms with Crippen LogP contribution in [-0.2, 0) is 22.4 Å². The second kappa shape index (κ2) is 16.2. The van der Waals surface area contributed by atoms with Crippen molar-refractivity contribution in [3.8, 4) is 28.4 Å². The zero-order valence-corrected chi connectivity index (χ0v) is 28.4. The molecular formula is C42H42N2O6. The Balaban J connectivity index is 1.36. The molecule has 5 aromatic rings. The van der Waals surface area contributed by atoms with Crippen molar-refractivity contribution >= 4 is 11.8 Å². The number of benzene rings is 5. The fraction of sp³-hybridized carbons (Fsp3) is 0.238. The summed E-state index contributed by atoms with van der Waals surface area (Å²) in [6.07, 6.45) is 0.678. The van der Waals surface area contributed by atoms with E-state index in [9.17, 15) is 4.79 Å². The maximum atomic E-state index is 14.7. The fourth-order valence-corrected chi connectivity index (χ4v) is 6.21. The van der Waals surface area contributed by atoms with Crippen molar-refractivity contribution < 1.29 is 28.8 Å². The minimum atomic E-state index is -1.32. The summed E-state index contributed by atoms with van der Waals surface area (Å²) in [5.41, 5.74) is 4.30. The summed E-state index contributed by atoms with van der Waals surface area (Å²) in [6.45, 7) is 0.828. The maximum Gasteiger partial charge on any atom is 0.252 e. The van der Waals surface area contributed by atoms with Crippen molar-refractivity contribution in [1.29, 1.82) is 0 Å². The molecule has 6 rings (SSSR count). The SMILES string of the molecule is COc1ccc(OC)c(CCNC(=O)[C@]2(Cc3ccccc3)N=C(c3ccc(OCCCO)cc3)O[C@@H]2c2ccc(-c3ccccc3)cc2)c1. The van der Waals surface area contributed by atoms with Crippen LogP contribution in [0.4, 0.5) is 0 Å². The maximum absolute atomic E-state index is 14.7. The van der Waals surface area contributed by atoms with Crippen LogP contribution in [0.1, 0.15) is 34.8 Å². The molecule has 1 aliphatic heterocycles. The molecule has 8 heteroatoms. The van der Waals surface area contributed by atoms with Crippen molar-refractivity contribution in [2.45, 2.75) is 30.9 Å². The molecular weight excluding hydrogens is 628 g/mol. The first-order chi connectivity index (χ1) is 24.5. The molecule has 1 amide bonds. The molecule has 0 unspecified atom stereocenters. The molecule has 2 N–H and O–H groups in total. The van der Waals surface area contributed by atoms with E-state index in [1.165, 1.54) is 0 Å². The minimum Gasteiger partial charge on any atom is -0.497 e. The summed E-state index contributed by atoms with van der Waals surface area (Å²) in [5, 5.41) is 12.3. The van der Waals surface area contributed by atoms with Gasteiger partial charge in [-0.3, -0.25) is 4.79 Å². The van der Waals surface area contributed by atoms with E-state index in [1.807, 2.05) is 103 Å². The summed E-state index contributed by atoms with van der Waals surface area (Å²) in [7, 11) is 3.26. The fourth-order valence-electron chi connectivity index (χ4n) is 6.21. The Labute approximate surface area is 293 Å². The van der Waals surface area contributed by atoms with Gasteiger partial charge < -0.3 is 29.4 Å². The van der Waals surface area contributed by atoms with Gasteiger partial charge in [0.25, 0.3) is 5.91 Å². The summed E-state index contributed by atoms with van der Waals surface area (Å²) < 4.78 is 23.5. The Bertz CT molecular complexity index is 1880. The molecule has 5 aromatic carbocycles. The number of hydrogen-bond donors (Lipinski definition) is 2. The first-order valence-electron chi connectivity index (χ1n) is 16.8. The lowest BCUT2D eigenvalue weighted by atomic mass is 9.81. The van der Waals surface area contributed by atoms with Gasteiger partial charge in [-0.2, -0.15) is 0 Å². The predicted octanol–water partition coefficient (Wildman–Crippen LogP) is 6.99. The van der Waals surface area contributed by atoms with E-state index in [1.54, 1.807) is 14.2 Å². The highest BCUT2D eigenvalue weighted by molar-refractivity contribution is 6.01. The largest absolute Gasteiger partial charge is 0.497 e. The van der Waals surface area contributed by atoms with Crippen LogP contribution in [0.25, 0.3) is 11.1 Å². The Morgan fingerprint density at radius 3 is 2.14 bits per heavy atom. The lowest BCUT2D eigenvalue weighted by Gasteiger charge is -2.31. The number of rotatable bonds is 15. The summed E-state index contributed by atoms with van der Waals surface area (Å²) in [5.74, 6) is 2.26. The molecule has 1 aliphatic rings. The Morgan fingerprint density at radius 1 is 0.800 bits per heavy atom. The summed E-state index contributed by atoms with van der Waals surface area (Å²) >= 11 is 0. The Hall–Kier alpha value is -5.60. The van der Waals surface area contributed by atoms with Gasteiger partial charge in [0, 0.05) is 31.6 Å². The van der Waals surface area contributed by atoms with Crippen molar-refractivity contribution in [2.75, 3.05) is 34.0 Å². The van der Waals surface area contributed by atoms with Crippen LogP contribution >= 0.6 is 0 Å². The molecule has 0 saturated carbocycles. The van der Waals surface area contributed by atoms with Gasteiger partial charge in [-0.15, -0.1) is 0 Å². The molecule has 0 fully saturated rings. The average molecular weight is 671 g/mol. The van der Waals surface area contributed by atoms with Crippen molar-refractivity contribution in [3.05, 3.63) is 150 Å². The highest BCUT2D eigenvalue weighted by Crippen LogP contribution is 2.43. The minimum absolute atomic E-state index is 0.0646. The average Bonchev–Trinajstić information content (AvgIpc) is 3.56. The Kier molecular flexibility index (Phi) is 11.1. The first-order valence-corrected chi connectivity index (χ1v) is 16.8. The number of nitrogens with one attached hydrogen (secondary N) is 1. The topological polar surface area (TPSA) is 98.6 Å². The number of carbonyl (C=O) groups is 1. The third kappa shape index (κ3) is 7.82. The second-order valence-corrected chi connectivity index (χ2v) is 12.1. The number of methoxy groups -OCH3 is 2. The molecule has 2 atom stereocenters. The Morgan fingerprint density at radius 2 is 1.46 bits per heavy atom. The van der Waals surface area contributed by atoms with Gasteiger partial charge in [0.05, 0.1) is 20.8 Å². The molecule has 0 bridgehead atoms. The number of aliphatic hydroxyl groups is 1. The van der Waals surface area contributed by atoms with E-state index >= 15 is 0 Å². The van der Waals surface area contributed by atoms with Gasteiger partial charge >= 0.3 is 0 Å². The van der Waals surface area contributed by atoms with Gasteiger partial charge in [0.2, 0.25) is 5.90 Å². The third-order valence-electron chi connectivity index (χ3n) is 8.83. The number of carbonyl (C=O) groups excluding carboxylic acids is 1. The van der Waals surface area contributed by atoms with Crippen molar-refractivity contribution in [1.82, 2.24) is 5.32 Å². The zero-order chi connectivity index (χ0) is 34.8. The number of amides is 1. The zero-order valence-electron chi connectivity index (χ0n) is 28.4. The van der Waals surface area contributed by atoms with Crippen LogP contribution in [0.15, 0.2) is 132 Å². The number of hydrogen-bond acceptors (Lipinski definition) is 7. The van der Waals surface area contributed by atoms with E-state index in [-0.39, 0.29) is 12.5 Å². The molecule has 0 aliphatic carbocycles. The molecule has 0 radical (unpaired) electrons. The van der Waals surface area contributed by atoms with E-state index in [2.05, 4.69) is 29.6 Å². The van der Waals surface area contributed by atoms with Crippen LogP contribution < -0.4 is 19.5 Å². The van der Waals surface area contributed by atoms with E-state index in [4.69, 9.17) is 29.0 Å². The second-order valence-electron chi connectivity index (χ2n) is 12.1. The van der Waals surface area contributed by atoms with Crippen LogP contribution in [0.3, 0.4) is 0 Å². The monoisotopic (exact) mass is 670 g/mol. The van der Waals surface area contributed by atoms with E-state index in [0.717, 1.165) is 44.9 Å². The highest BCUT2D eigenvalue weighted by atomic mass is 16.5. The normalized spacial score (nSPS) is 16.6. The summed E-state index contributed by atoms with van der Waals surface area (Å²) in [4.78, 5) is 19.9. The quantitative estimate of drug-likeness (QED) is 0.117. The van der Waals surface area contributed by atoms with Gasteiger partial charge in [-0.25, -0.2) is 4.99 Å². The lowest BCUT2D eigenvalue weighted by Crippen LogP contribution is -2.50. The van der Waals surface area contributed by atoms with E-state index < -0.39 is 11.6 Å². The van der Waals surface area contributed by atoms with Gasteiger partial charge in [-0.1, -0.05) is 84.9 Å².